The van der Waals surface area contributed by atoms with Crippen molar-refractivity contribution >= 4 is 11.5 Å². The van der Waals surface area contributed by atoms with E-state index in [9.17, 15) is 0 Å². The summed E-state index contributed by atoms with van der Waals surface area (Å²) in [6.45, 7) is 6.31. The van der Waals surface area contributed by atoms with Crippen molar-refractivity contribution in [3.05, 3.63) is 22.2 Å². The van der Waals surface area contributed by atoms with Crippen molar-refractivity contribution in [2.45, 2.75) is 33.2 Å². The zero-order chi connectivity index (χ0) is 10.6. The topological polar surface area (TPSA) is 37.8 Å². The van der Waals surface area contributed by atoms with Crippen LogP contribution in [0.2, 0.25) is 0 Å². The van der Waals surface area contributed by atoms with Gasteiger partial charge in [0.05, 0.1) is 16.6 Å². The van der Waals surface area contributed by atoms with Crippen molar-refractivity contribution in [2.24, 2.45) is 0 Å². The average molecular weight is 211 g/mol. The highest BCUT2D eigenvalue weighted by Gasteiger charge is 2.14. The molecule has 0 aliphatic carbocycles. The summed E-state index contributed by atoms with van der Waals surface area (Å²) in [6.07, 6.45) is 3.15. The molecule has 3 nitrogen and oxygen atoms in total. The Kier molecular flexibility index (Phi) is 4.22. The molecule has 0 radical (unpaired) electrons. The largest absolute Gasteiger partial charge is 0.309 e. The van der Waals surface area contributed by atoms with E-state index < -0.39 is 0 Å². The van der Waals surface area contributed by atoms with Crippen LogP contribution in [0, 0.1) is 0 Å². The van der Waals surface area contributed by atoms with E-state index >= 15 is 0 Å². The van der Waals surface area contributed by atoms with Gasteiger partial charge in [0, 0.05) is 0 Å². The summed E-state index contributed by atoms with van der Waals surface area (Å²) in [5.74, 6) is 0. The van der Waals surface area contributed by atoms with E-state index in [1.54, 1.807) is 0 Å². The third-order valence-electron chi connectivity index (χ3n) is 2.01. The van der Waals surface area contributed by atoms with Crippen LogP contribution >= 0.6 is 11.5 Å². The van der Waals surface area contributed by atoms with E-state index in [-0.39, 0.29) is 6.04 Å². The molecule has 0 aliphatic heterocycles. The van der Waals surface area contributed by atoms with Gasteiger partial charge < -0.3 is 5.32 Å². The fraction of sp³-hybridized carbons (Fsp3) is 0.600. The van der Waals surface area contributed by atoms with Crippen molar-refractivity contribution in [1.82, 2.24) is 14.9 Å². The Morgan fingerprint density at radius 2 is 2.29 bits per heavy atom. The number of likely N-dealkylation sites (N-methyl/N-ethyl adjacent to an activating group) is 1. The van der Waals surface area contributed by atoms with Crippen LogP contribution in [0.1, 0.15) is 37.4 Å². The predicted octanol–water partition coefficient (Wildman–Crippen LogP) is 2.33. The molecule has 0 aromatic carbocycles. The van der Waals surface area contributed by atoms with Crippen LogP contribution in [0.15, 0.2) is 11.6 Å². The van der Waals surface area contributed by atoms with Crippen LogP contribution in [0.5, 0.6) is 0 Å². The second-order valence-electron chi connectivity index (χ2n) is 3.45. The van der Waals surface area contributed by atoms with Crippen molar-refractivity contribution < 1.29 is 0 Å². The molecule has 0 spiro atoms. The number of nitrogens with one attached hydrogen (secondary N) is 1. The van der Waals surface area contributed by atoms with Crippen LogP contribution in [0.25, 0.3) is 0 Å². The molecule has 1 heterocycles. The standard InChI is InChI=1S/C10H17N3S/c1-5-8-10(14-13-12-8)9(11-4)6-7(2)3/h6,9,11H,5H2,1-4H3. The molecule has 14 heavy (non-hydrogen) atoms. The quantitative estimate of drug-likeness (QED) is 0.777. The molecule has 4 heteroatoms. The van der Waals surface area contributed by atoms with Gasteiger partial charge in [0.25, 0.3) is 0 Å². The number of allylic oxidation sites excluding steroid dienone is 1. The molecule has 1 aromatic rings. The van der Waals surface area contributed by atoms with Gasteiger partial charge in [-0.05, 0) is 38.8 Å². The van der Waals surface area contributed by atoms with Gasteiger partial charge in [-0.1, -0.05) is 23.1 Å². The maximum atomic E-state index is 4.11. The molecule has 0 fully saturated rings. The van der Waals surface area contributed by atoms with Gasteiger partial charge in [0.15, 0.2) is 0 Å². The SMILES string of the molecule is CCc1nnsc1C(C=C(C)C)NC. The van der Waals surface area contributed by atoms with Crippen molar-refractivity contribution in [3.8, 4) is 0 Å². The Morgan fingerprint density at radius 1 is 1.57 bits per heavy atom. The Hall–Kier alpha value is -0.740. The minimum absolute atomic E-state index is 0.259. The molecule has 78 valence electrons. The van der Waals surface area contributed by atoms with Gasteiger partial charge >= 0.3 is 0 Å². The highest BCUT2D eigenvalue weighted by atomic mass is 32.1. The Bertz CT molecular complexity index is 313. The minimum Gasteiger partial charge on any atom is -0.309 e. The van der Waals surface area contributed by atoms with Crippen LogP contribution < -0.4 is 5.32 Å². The van der Waals surface area contributed by atoms with Gasteiger partial charge in [0.1, 0.15) is 0 Å². The zero-order valence-electron chi connectivity index (χ0n) is 9.16. The molecule has 1 unspecified atom stereocenters. The smallest absolute Gasteiger partial charge is 0.0804 e. The lowest BCUT2D eigenvalue weighted by Crippen LogP contribution is -2.14. The van der Waals surface area contributed by atoms with Crippen LogP contribution in [-0.4, -0.2) is 16.6 Å². The molecule has 1 N–H and O–H groups in total. The first-order valence-corrected chi connectivity index (χ1v) is 5.59. The van der Waals surface area contributed by atoms with E-state index in [4.69, 9.17) is 0 Å². The van der Waals surface area contributed by atoms with E-state index in [0.717, 1.165) is 12.1 Å². The van der Waals surface area contributed by atoms with E-state index in [0.29, 0.717) is 0 Å². The van der Waals surface area contributed by atoms with Crippen LogP contribution in [0.4, 0.5) is 0 Å². The number of nitrogens with zero attached hydrogens (tertiary/aromatic N) is 2. The number of hydrogen-bond acceptors (Lipinski definition) is 4. The normalized spacial score (nSPS) is 12.6. The summed E-state index contributed by atoms with van der Waals surface area (Å²) < 4.78 is 3.99. The molecule has 1 rings (SSSR count). The fourth-order valence-corrected chi connectivity index (χ4v) is 2.14. The third kappa shape index (κ3) is 2.62. The summed E-state index contributed by atoms with van der Waals surface area (Å²) in [5, 5.41) is 7.37. The monoisotopic (exact) mass is 211 g/mol. The molecular formula is C10H17N3S. The first-order valence-electron chi connectivity index (χ1n) is 4.82. The van der Waals surface area contributed by atoms with Gasteiger partial charge in [-0.2, -0.15) is 0 Å². The number of aryl methyl sites for hydroxylation is 1. The highest BCUT2D eigenvalue weighted by molar-refractivity contribution is 7.05. The third-order valence-corrected chi connectivity index (χ3v) is 2.86. The van der Waals surface area contributed by atoms with Crippen molar-refractivity contribution in [2.75, 3.05) is 7.05 Å². The van der Waals surface area contributed by atoms with Gasteiger partial charge in [-0.3, -0.25) is 0 Å². The highest BCUT2D eigenvalue weighted by Crippen LogP contribution is 2.22. The first-order chi connectivity index (χ1) is 6.69. The number of hydrogen-bond donors (Lipinski definition) is 1. The summed E-state index contributed by atoms with van der Waals surface area (Å²) >= 11 is 1.48. The summed E-state index contributed by atoms with van der Waals surface area (Å²) in [7, 11) is 1.96. The van der Waals surface area contributed by atoms with Crippen LogP contribution in [0.3, 0.4) is 0 Å². The average Bonchev–Trinajstić information content (AvgIpc) is 2.61. The second kappa shape index (κ2) is 5.22. The molecule has 0 aliphatic rings. The molecule has 0 saturated heterocycles. The van der Waals surface area contributed by atoms with Crippen LogP contribution in [-0.2, 0) is 6.42 Å². The minimum atomic E-state index is 0.259. The first kappa shape index (κ1) is 11.3. The lowest BCUT2D eigenvalue weighted by molar-refractivity contribution is 0.710. The number of aromatic nitrogens is 2. The molecule has 0 saturated carbocycles. The molecule has 0 amide bonds. The summed E-state index contributed by atoms with van der Waals surface area (Å²) in [6, 6.07) is 0.259. The lowest BCUT2D eigenvalue weighted by atomic mass is 10.1. The van der Waals surface area contributed by atoms with Gasteiger partial charge in [-0.15, -0.1) is 5.10 Å². The fourth-order valence-electron chi connectivity index (χ4n) is 1.32. The number of rotatable bonds is 4. The maximum absolute atomic E-state index is 4.11. The van der Waals surface area contributed by atoms with E-state index in [1.165, 1.54) is 22.0 Å². The Morgan fingerprint density at radius 3 is 2.79 bits per heavy atom. The Balaban J connectivity index is 2.94. The second-order valence-corrected chi connectivity index (χ2v) is 4.23. The maximum Gasteiger partial charge on any atom is 0.0804 e. The Labute approximate surface area is 89.4 Å². The molecule has 1 aromatic heterocycles. The van der Waals surface area contributed by atoms with E-state index in [2.05, 4.69) is 41.8 Å². The predicted molar refractivity (Wildman–Crippen MR) is 60.5 cm³/mol. The van der Waals surface area contributed by atoms with E-state index in [1.807, 2.05) is 7.05 Å². The zero-order valence-corrected chi connectivity index (χ0v) is 9.98. The molecule has 1 atom stereocenters. The van der Waals surface area contributed by atoms with Crippen molar-refractivity contribution in [1.29, 1.82) is 0 Å². The summed E-state index contributed by atoms with van der Waals surface area (Å²) in [4.78, 5) is 1.23. The lowest BCUT2D eigenvalue weighted by Gasteiger charge is -2.10. The van der Waals surface area contributed by atoms with Gasteiger partial charge in [-0.25, -0.2) is 0 Å². The summed E-state index contributed by atoms with van der Waals surface area (Å²) in [5.41, 5.74) is 2.41. The van der Waals surface area contributed by atoms with Crippen molar-refractivity contribution in [3.63, 3.8) is 0 Å². The van der Waals surface area contributed by atoms with Gasteiger partial charge in [0.2, 0.25) is 0 Å². The molecule has 0 bridgehead atoms. The molecular weight excluding hydrogens is 194 g/mol.